The highest BCUT2D eigenvalue weighted by atomic mass is 79.9. The predicted molar refractivity (Wildman–Crippen MR) is 64.5 cm³/mol. The van der Waals surface area contributed by atoms with Gasteiger partial charge in [-0.15, -0.1) is 0 Å². The molecule has 0 unspecified atom stereocenters. The van der Waals surface area contributed by atoms with E-state index in [1.165, 1.54) is 6.07 Å². The Morgan fingerprint density at radius 2 is 2.20 bits per heavy atom. The lowest BCUT2D eigenvalue weighted by atomic mass is 10.2. The Morgan fingerprint density at radius 3 is 2.73 bits per heavy atom. The molecule has 0 radical (unpaired) electrons. The molecule has 0 fully saturated rings. The van der Waals surface area contributed by atoms with Gasteiger partial charge in [0.05, 0.1) is 32.4 Å². The normalized spacial score (nSPS) is 10.1. The third-order valence-electron chi connectivity index (χ3n) is 1.70. The van der Waals surface area contributed by atoms with Crippen molar-refractivity contribution in [1.82, 2.24) is 0 Å². The van der Waals surface area contributed by atoms with Crippen molar-refractivity contribution < 1.29 is 9.53 Å². The van der Waals surface area contributed by atoms with Crippen molar-refractivity contribution in [3.63, 3.8) is 0 Å². The zero-order chi connectivity index (χ0) is 11.6. The molecule has 0 bridgehead atoms. The zero-order valence-electron chi connectivity index (χ0n) is 7.81. The Labute approximate surface area is 106 Å². The van der Waals surface area contributed by atoms with Crippen molar-refractivity contribution in [1.29, 1.82) is 0 Å². The van der Waals surface area contributed by atoms with Gasteiger partial charge >= 0.3 is 5.97 Å². The highest BCUT2D eigenvalue weighted by molar-refractivity contribution is 9.10. The summed E-state index contributed by atoms with van der Waals surface area (Å²) in [5.41, 5.74) is 6.00. The molecule has 1 aromatic rings. The lowest BCUT2D eigenvalue weighted by Crippen LogP contribution is -2.08. The fourth-order valence-electron chi connectivity index (χ4n) is 0.987. The molecule has 0 aromatic heterocycles. The number of halogens is 3. The summed E-state index contributed by atoms with van der Waals surface area (Å²) < 4.78 is 5.28. The minimum Gasteiger partial charge on any atom is -0.462 e. The van der Waals surface area contributed by atoms with E-state index in [1.54, 1.807) is 6.92 Å². The van der Waals surface area contributed by atoms with E-state index >= 15 is 0 Å². The van der Waals surface area contributed by atoms with Crippen molar-refractivity contribution in [3.8, 4) is 0 Å². The highest BCUT2D eigenvalue weighted by Crippen LogP contribution is 2.37. The summed E-state index contributed by atoms with van der Waals surface area (Å²) >= 11 is 14.9. The second-order valence-corrected chi connectivity index (χ2v) is 4.25. The van der Waals surface area contributed by atoms with Gasteiger partial charge in [-0.25, -0.2) is 4.79 Å². The van der Waals surface area contributed by atoms with Gasteiger partial charge in [-0.2, -0.15) is 0 Å². The minimum atomic E-state index is -0.536. The van der Waals surface area contributed by atoms with Crippen LogP contribution in [0.5, 0.6) is 0 Å². The molecular weight excluding hydrogens is 305 g/mol. The molecule has 2 N–H and O–H groups in total. The molecule has 0 amide bonds. The number of hydrogen-bond donors (Lipinski definition) is 1. The van der Waals surface area contributed by atoms with Crippen LogP contribution in [0.15, 0.2) is 10.5 Å². The second-order valence-electron chi connectivity index (χ2n) is 2.67. The van der Waals surface area contributed by atoms with Crippen LogP contribution >= 0.6 is 39.1 Å². The molecule has 0 heterocycles. The molecule has 0 aliphatic carbocycles. The van der Waals surface area contributed by atoms with Crippen LogP contribution in [0.1, 0.15) is 17.3 Å². The number of hydrogen-bond acceptors (Lipinski definition) is 3. The predicted octanol–water partition coefficient (Wildman–Crippen LogP) is 3.51. The zero-order valence-corrected chi connectivity index (χ0v) is 10.9. The first-order valence-corrected chi connectivity index (χ1v) is 5.64. The Kier molecular flexibility index (Phi) is 4.25. The summed E-state index contributed by atoms with van der Waals surface area (Å²) in [6.45, 7) is 1.97. The number of nitrogen functional groups attached to an aromatic ring is 1. The van der Waals surface area contributed by atoms with Crippen LogP contribution in [0.3, 0.4) is 0 Å². The molecule has 0 aliphatic rings. The molecule has 1 aromatic carbocycles. The summed E-state index contributed by atoms with van der Waals surface area (Å²) in [5, 5.41) is 0.530. The number of esters is 1. The van der Waals surface area contributed by atoms with E-state index in [4.69, 9.17) is 33.7 Å². The third kappa shape index (κ3) is 2.56. The van der Waals surface area contributed by atoms with Crippen molar-refractivity contribution in [2.45, 2.75) is 6.92 Å². The molecule has 1 rings (SSSR count). The van der Waals surface area contributed by atoms with Gasteiger partial charge in [0, 0.05) is 0 Å². The van der Waals surface area contributed by atoms with Crippen LogP contribution in [0.2, 0.25) is 10.0 Å². The summed E-state index contributed by atoms with van der Waals surface area (Å²) in [4.78, 5) is 11.4. The SMILES string of the molecule is CCOC(=O)c1cc(Cl)c(Br)c(Cl)c1N. The smallest absolute Gasteiger partial charge is 0.340 e. The lowest BCUT2D eigenvalue weighted by Gasteiger charge is -2.09. The quantitative estimate of drug-likeness (QED) is 0.516. The van der Waals surface area contributed by atoms with Crippen molar-refractivity contribution in [2.75, 3.05) is 12.3 Å². The van der Waals surface area contributed by atoms with E-state index in [-0.39, 0.29) is 22.9 Å². The van der Waals surface area contributed by atoms with Gasteiger partial charge in [-0.05, 0) is 28.9 Å². The Morgan fingerprint density at radius 1 is 1.60 bits per heavy atom. The van der Waals surface area contributed by atoms with E-state index in [1.807, 2.05) is 0 Å². The number of rotatable bonds is 2. The van der Waals surface area contributed by atoms with E-state index in [9.17, 15) is 4.79 Å². The van der Waals surface area contributed by atoms with Gasteiger partial charge in [0.2, 0.25) is 0 Å². The van der Waals surface area contributed by atoms with E-state index in [0.717, 1.165) is 0 Å². The highest BCUT2D eigenvalue weighted by Gasteiger charge is 2.17. The standard InChI is InChI=1S/C9H8BrCl2NO2/c1-2-15-9(14)4-3-5(11)6(10)7(12)8(4)13/h3H,2,13H2,1H3. The lowest BCUT2D eigenvalue weighted by molar-refractivity contribution is 0.0527. The van der Waals surface area contributed by atoms with Crippen LogP contribution in [0.4, 0.5) is 5.69 Å². The van der Waals surface area contributed by atoms with E-state index < -0.39 is 5.97 Å². The van der Waals surface area contributed by atoms with Crippen LogP contribution in [-0.2, 0) is 4.74 Å². The van der Waals surface area contributed by atoms with Crippen molar-refractivity contribution >= 4 is 50.8 Å². The number of carbonyl (C=O) groups is 1. The van der Waals surface area contributed by atoms with Crippen molar-refractivity contribution in [2.24, 2.45) is 0 Å². The van der Waals surface area contributed by atoms with Crippen LogP contribution < -0.4 is 5.73 Å². The largest absolute Gasteiger partial charge is 0.462 e. The minimum absolute atomic E-state index is 0.159. The topological polar surface area (TPSA) is 52.3 Å². The molecule has 0 atom stereocenters. The fraction of sp³-hybridized carbons (Fsp3) is 0.222. The fourth-order valence-corrected chi connectivity index (χ4v) is 1.77. The average molecular weight is 313 g/mol. The van der Waals surface area contributed by atoms with Crippen LogP contribution in [0, 0.1) is 0 Å². The van der Waals surface area contributed by atoms with Gasteiger partial charge in [0.1, 0.15) is 0 Å². The first kappa shape index (κ1) is 12.6. The van der Waals surface area contributed by atoms with Crippen LogP contribution in [0.25, 0.3) is 0 Å². The maximum Gasteiger partial charge on any atom is 0.340 e. The van der Waals surface area contributed by atoms with E-state index in [0.29, 0.717) is 9.50 Å². The summed E-state index contributed by atoms with van der Waals surface area (Å²) in [6, 6.07) is 1.42. The molecule has 0 saturated carbocycles. The number of nitrogens with two attached hydrogens (primary N) is 1. The molecule has 15 heavy (non-hydrogen) atoms. The summed E-state index contributed by atoms with van der Waals surface area (Å²) in [7, 11) is 0. The summed E-state index contributed by atoms with van der Waals surface area (Å²) in [5.74, 6) is -0.536. The molecule has 0 aliphatic heterocycles. The van der Waals surface area contributed by atoms with E-state index in [2.05, 4.69) is 15.9 Å². The van der Waals surface area contributed by atoms with Crippen molar-refractivity contribution in [3.05, 3.63) is 26.1 Å². The first-order valence-electron chi connectivity index (χ1n) is 4.09. The van der Waals surface area contributed by atoms with Gasteiger partial charge in [-0.3, -0.25) is 0 Å². The molecule has 6 heteroatoms. The molecular formula is C9H8BrCl2NO2. The third-order valence-corrected chi connectivity index (χ3v) is 3.67. The number of benzene rings is 1. The summed E-state index contributed by atoms with van der Waals surface area (Å²) in [6.07, 6.45) is 0. The number of carbonyl (C=O) groups excluding carboxylic acids is 1. The van der Waals surface area contributed by atoms with Crippen LogP contribution in [-0.4, -0.2) is 12.6 Å². The average Bonchev–Trinajstić information content (AvgIpc) is 2.20. The molecule has 0 saturated heterocycles. The first-order chi connectivity index (χ1) is 6.99. The van der Waals surface area contributed by atoms with Gasteiger partial charge in [0.25, 0.3) is 0 Å². The molecule has 82 valence electrons. The Bertz CT molecular complexity index is 410. The Balaban J connectivity index is 3.26. The maximum absolute atomic E-state index is 11.4. The molecule has 3 nitrogen and oxygen atoms in total. The number of ether oxygens (including phenoxy) is 1. The number of anilines is 1. The molecule has 0 spiro atoms. The maximum atomic E-state index is 11.4. The van der Waals surface area contributed by atoms with Gasteiger partial charge in [-0.1, -0.05) is 23.2 Å². The van der Waals surface area contributed by atoms with Gasteiger partial charge < -0.3 is 10.5 Å². The van der Waals surface area contributed by atoms with Gasteiger partial charge in [0.15, 0.2) is 0 Å². The Hall–Kier alpha value is -0.450. The monoisotopic (exact) mass is 311 g/mol. The second kappa shape index (κ2) is 5.05.